The molecule has 0 N–H and O–H groups in total. The van der Waals surface area contributed by atoms with E-state index in [1.165, 1.54) is 56.1 Å². The van der Waals surface area contributed by atoms with Gasteiger partial charge in [-0.1, -0.05) is 58.0 Å². The Balaban J connectivity index is 1.58. The summed E-state index contributed by atoms with van der Waals surface area (Å²) in [7, 11) is 2.16. The van der Waals surface area contributed by atoms with Gasteiger partial charge < -0.3 is 4.57 Å². The van der Waals surface area contributed by atoms with Crippen LogP contribution < -0.4 is 4.57 Å². The SMILES string of the molecule is Cc1cc2c(cc1-c1n(-c3c(C(C)C)cc(-c4ccccc4)cc3C(C)C)cc[n+]1C)Cc1nccn1-2. The normalized spacial score (nSPS) is 12.4. The zero-order valence-electron chi connectivity index (χ0n) is 22.7. The Kier molecular flexibility index (Phi) is 5.63. The molecule has 0 fully saturated rings. The van der Waals surface area contributed by atoms with Crippen molar-refractivity contribution in [3.8, 4) is 33.9 Å². The molecule has 5 aromatic rings. The zero-order chi connectivity index (χ0) is 25.8. The third-order valence-corrected chi connectivity index (χ3v) is 7.75. The lowest BCUT2D eigenvalue weighted by atomic mass is 9.88. The maximum atomic E-state index is 4.56. The Bertz CT molecular complexity index is 1590. The molecule has 3 aromatic carbocycles. The Hall–Kier alpha value is -3.92. The largest absolute Gasteiger partial charge is 0.303 e. The van der Waals surface area contributed by atoms with Crippen LogP contribution in [0.2, 0.25) is 0 Å². The minimum atomic E-state index is 0.384. The molecule has 6 rings (SSSR count). The van der Waals surface area contributed by atoms with Crippen LogP contribution in [0.25, 0.3) is 33.9 Å². The van der Waals surface area contributed by atoms with Gasteiger partial charge in [0, 0.05) is 29.9 Å². The van der Waals surface area contributed by atoms with E-state index in [1.54, 1.807) is 0 Å². The van der Waals surface area contributed by atoms with Crippen LogP contribution in [0, 0.1) is 6.92 Å². The second-order valence-corrected chi connectivity index (χ2v) is 11.0. The molecule has 1 aliphatic heterocycles. The molecule has 0 saturated carbocycles. The Morgan fingerprint density at radius 2 is 1.54 bits per heavy atom. The molecule has 0 spiro atoms. The van der Waals surface area contributed by atoms with Crippen molar-refractivity contribution >= 4 is 0 Å². The molecule has 0 saturated heterocycles. The first-order valence-corrected chi connectivity index (χ1v) is 13.3. The lowest BCUT2D eigenvalue weighted by molar-refractivity contribution is -0.659. The molecule has 4 heteroatoms. The van der Waals surface area contributed by atoms with Gasteiger partial charge in [0.25, 0.3) is 5.82 Å². The van der Waals surface area contributed by atoms with Crippen molar-refractivity contribution in [2.24, 2.45) is 7.05 Å². The highest BCUT2D eigenvalue weighted by Gasteiger charge is 2.29. The molecule has 186 valence electrons. The predicted molar refractivity (Wildman–Crippen MR) is 151 cm³/mol. The number of hydrogen-bond acceptors (Lipinski definition) is 1. The van der Waals surface area contributed by atoms with Gasteiger partial charge in [0.05, 0.1) is 18.3 Å². The standard InChI is InChI=1S/C33H35N4/c1-21(2)27-17-25(24-10-8-7-9-11-24)18-28(22(3)4)32(27)37-15-14-35(6)33(37)29-19-26-20-31-34-12-13-36(31)30(26)16-23(29)5/h7-19,21-22H,20H2,1-6H3/q+1. The Morgan fingerprint density at radius 1 is 0.838 bits per heavy atom. The summed E-state index contributed by atoms with van der Waals surface area (Å²) in [5, 5.41) is 0. The number of nitrogens with zero attached hydrogens (tertiary/aromatic N) is 4. The summed E-state index contributed by atoms with van der Waals surface area (Å²) in [4.78, 5) is 4.56. The molecular formula is C33H35N4+. The van der Waals surface area contributed by atoms with E-state index in [4.69, 9.17) is 0 Å². The van der Waals surface area contributed by atoms with Crippen LogP contribution in [0.4, 0.5) is 0 Å². The molecule has 0 atom stereocenters. The number of aryl methyl sites for hydroxylation is 2. The average Bonchev–Trinajstić information content (AvgIpc) is 3.58. The summed E-state index contributed by atoms with van der Waals surface area (Å²) < 4.78 is 6.92. The third-order valence-electron chi connectivity index (χ3n) is 7.75. The van der Waals surface area contributed by atoms with E-state index in [0.717, 1.165) is 12.2 Å². The van der Waals surface area contributed by atoms with Crippen LogP contribution in [-0.4, -0.2) is 14.1 Å². The first kappa shape index (κ1) is 23.5. The van der Waals surface area contributed by atoms with E-state index < -0.39 is 0 Å². The quantitative estimate of drug-likeness (QED) is 0.235. The summed E-state index contributed by atoms with van der Waals surface area (Å²) >= 11 is 0. The van der Waals surface area contributed by atoms with Gasteiger partial charge in [0.2, 0.25) is 0 Å². The molecule has 0 aliphatic carbocycles. The topological polar surface area (TPSA) is 26.6 Å². The van der Waals surface area contributed by atoms with Crippen molar-refractivity contribution in [1.29, 1.82) is 0 Å². The fourth-order valence-corrected chi connectivity index (χ4v) is 5.81. The van der Waals surface area contributed by atoms with Crippen LogP contribution in [0.1, 0.15) is 67.6 Å². The summed E-state index contributed by atoms with van der Waals surface area (Å²) in [6, 6.07) is 20.3. The fraction of sp³-hybridized carbons (Fsp3) is 0.273. The van der Waals surface area contributed by atoms with Gasteiger partial charge in [-0.3, -0.25) is 0 Å². The van der Waals surface area contributed by atoms with Crippen molar-refractivity contribution in [3.05, 3.63) is 107 Å². The summed E-state index contributed by atoms with van der Waals surface area (Å²) in [5.41, 5.74) is 11.8. The summed E-state index contributed by atoms with van der Waals surface area (Å²) in [5.74, 6) is 3.10. The molecule has 2 aromatic heterocycles. The number of rotatable bonds is 5. The summed E-state index contributed by atoms with van der Waals surface area (Å²) in [6.45, 7) is 11.5. The summed E-state index contributed by atoms with van der Waals surface area (Å²) in [6.07, 6.45) is 9.27. The van der Waals surface area contributed by atoms with Crippen molar-refractivity contribution < 1.29 is 4.57 Å². The van der Waals surface area contributed by atoms with Crippen molar-refractivity contribution in [2.45, 2.75) is 52.9 Å². The monoisotopic (exact) mass is 487 g/mol. The van der Waals surface area contributed by atoms with Crippen molar-refractivity contribution in [2.75, 3.05) is 0 Å². The van der Waals surface area contributed by atoms with Crippen LogP contribution in [0.5, 0.6) is 0 Å². The smallest absolute Gasteiger partial charge is 0.294 e. The van der Waals surface area contributed by atoms with Gasteiger partial charge in [-0.05, 0) is 65.3 Å². The van der Waals surface area contributed by atoms with Gasteiger partial charge in [-0.2, -0.15) is 4.57 Å². The minimum Gasteiger partial charge on any atom is -0.303 e. The average molecular weight is 488 g/mol. The second-order valence-electron chi connectivity index (χ2n) is 11.0. The highest BCUT2D eigenvalue weighted by atomic mass is 15.1. The fourth-order valence-electron chi connectivity index (χ4n) is 5.81. The number of benzene rings is 3. The van der Waals surface area contributed by atoms with Gasteiger partial charge in [-0.25, -0.2) is 9.55 Å². The number of aromatic nitrogens is 4. The maximum absolute atomic E-state index is 4.56. The Morgan fingerprint density at radius 3 is 2.22 bits per heavy atom. The predicted octanol–water partition coefficient (Wildman–Crippen LogP) is 7.28. The molecule has 0 radical (unpaired) electrons. The van der Waals surface area contributed by atoms with Crippen LogP contribution >= 0.6 is 0 Å². The third kappa shape index (κ3) is 3.83. The minimum absolute atomic E-state index is 0.384. The first-order chi connectivity index (χ1) is 17.8. The van der Waals surface area contributed by atoms with Crippen molar-refractivity contribution in [1.82, 2.24) is 14.1 Å². The van der Waals surface area contributed by atoms with Crippen LogP contribution in [0.15, 0.2) is 79.4 Å². The second kappa shape index (κ2) is 8.88. The lowest BCUT2D eigenvalue weighted by Gasteiger charge is -2.20. The number of imidazole rings is 2. The molecule has 0 unspecified atom stereocenters. The maximum Gasteiger partial charge on any atom is 0.294 e. The van der Waals surface area contributed by atoms with Gasteiger partial charge in [-0.15, -0.1) is 0 Å². The zero-order valence-corrected chi connectivity index (χ0v) is 22.7. The number of hydrogen-bond donors (Lipinski definition) is 0. The number of fused-ring (bicyclic) bond motifs is 3. The van der Waals surface area contributed by atoms with E-state index >= 15 is 0 Å². The van der Waals surface area contributed by atoms with E-state index in [2.05, 4.69) is 134 Å². The van der Waals surface area contributed by atoms with E-state index in [0.29, 0.717) is 11.8 Å². The first-order valence-electron chi connectivity index (χ1n) is 13.3. The molecular weight excluding hydrogens is 452 g/mol. The van der Waals surface area contributed by atoms with Crippen molar-refractivity contribution in [3.63, 3.8) is 0 Å². The highest BCUT2D eigenvalue weighted by molar-refractivity contribution is 5.72. The Labute approximate surface area is 219 Å². The molecule has 0 bridgehead atoms. The van der Waals surface area contributed by atoms with Gasteiger partial charge in [0.15, 0.2) is 0 Å². The highest BCUT2D eigenvalue weighted by Crippen LogP contribution is 2.39. The van der Waals surface area contributed by atoms with Crippen LogP contribution in [-0.2, 0) is 13.5 Å². The van der Waals surface area contributed by atoms with Crippen LogP contribution in [0.3, 0.4) is 0 Å². The van der Waals surface area contributed by atoms with E-state index in [-0.39, 0.29) is 0 Å². The molecule has 0 amide bonds. The molecule has 3 heterocycles. The lowest BCUT2D eigenvalue weighted by Crippen LogP contribution is -2.29. The van der Waals surface area contributed by atoms with Gasteiger partial charge in [0.1, 0.15) is 23.9 Å². The van der Waals surface area contributed by atoms with E-state index in [1.807, 2.05) is 6.20 Å². The molecule has 1 aliphatic rings. The molecule has 4 nitrogen and oxygen atoms in total. The van der Waals surface area contributed by atoms with Gasteiger partial charge >= 0.3 is 0 Å². The van der Waals surface area contributed by atoms with E-state index in [9.17, 15) is 0 Å². The molecule has 37 heavy (non-hydrogen) atoms.